The summed E-state index contributed by atoms with van der Waals surface area (Å²) in [5, 5.41) is 11.9. The number of aryl methyl sites for hydroxylation is 1. The highest BCUT2D eigenvalue weighted by molar-refractivity contribution is 6.31. The zero-order valence-corrected chi connectivity index (χ0v) is 24.1. The van der Waals surface area contributed by atoms with Crippen molar-refractivity contribution in [3.8, 4) is 11.1 Å². The van der Waals surface area contributed by atoms with Crippen molar-refractivity contribution in [2.24, 2.45) is 5.92 Å². The van der Waals surface area contributed by atoms with Gasteiger partial charge in [-0.25, -0.2) is 8.78 Å². The molecule has 216 valence electrons. The Morgan fingerprint density at radius 2 is 1.82 bits per heavy atom. The van der Waals surface area contributed by atoms with Crippen LogP contribution >= 0.6 is 11.6 Å². The van der Waals surface area contributed by atoms with E-state index in [1.807, 2.05) is 12.1 Å². The lowest BCUT2D eigenvalue weighted by atomic mass is 9.99. The van der Waals surface area contributed by atoms with Gasteiger partial charge in [0, 0.05) is 54.7 Å². The lowest BCUT2D eigenvalue weighted by molar-refractivity contribution is -0.122. The van der Waals surface area contributed by atoms with E-state index in [0.717, 1.165) is 62.5 Å². The first-order chi connectivity index (χ1) is 19.2. The van der Waals surface area contributed by atoms with Crippen molar-refractivity contribution in [3.63, 3.8) is 0 Å². The van der Waals surface area contributed by atoms with E-state index in [0.29, 0.717) is 23.0 Å². The van der Waals surface area contributed by atoms with Gasteiger partial charge >= 0.3 is 0 Å². The van der Waals surface area contributed by atoms with E-state index >= 15 is 0 Å². The maximum atomic E-state index is 13.8. The van der Waals surface area contributed by atoms with Crippen LogP contribution in [0.1, 0.15) is 50.4 Å². The van der Waals surface area contributed by atoms with Crippen LogP contribution in [0.2, 0.25) is 5.02 Å². The number of anilines is 2. The molecular formula is C30H38ClF2N5O2. The third kappa shape index (κ3) is 6.93. The average Bonchev–Trinajstić information content (AvgIpc) is 3.55. The van der Waals surface area contributed by atoms with Crippen molar-refractivity contribution >= 4 is 29.4 Å². The number of carboxylic acid groups (broad SMARTS) is 1. The molecule has 1 atom stereocenters. The number of hydrogen-bond donors (Lipinski definition) is 1. The number of rotatable bonds is 7. The lowest BCUT2D eigenvalue weighted by Gasteiger charge is -2.36. The van der Waals surface area contributed by atoms with Gasteiger partial charge in [0.1, 0.15) is 5.69 Å². The van der Waals surface area contributed by atoms with E-state index in [4.69, 9.17) is 21.5 Å². The monoisotopic (exact) mass is 573 g/mol. The van der Waals surface area contributed by atoms with Crippen LogP contribution in [0.25, 0.3) is 11.1 Å². The van der Waals surface area contributed by atoms with Crippen molar-refractivity contribution in [3.05, 3.63) is 64.9 Å². The van der Waals surface area contributed by atoms with Crippen LogP contribution in [0, 0.1) is 12.8 Å². The quantitative estimate of drug-likeness (QED) is 0.316. The Kier molecular flexibility index (Phi) is 10.0. The maximum absolute atomic E-state index is 13.8. The molecule has 3 aromatic rings. The molecule has 40 heavy (non-hydrogen) atoms. The first-order valence-corrected chi connectivity index (χ1v) is 14.1. The van der Waals surface area contributed by atoms with E-state index in [1.54, 1.807) is 17.8 Å². The number of benzene rings is 2. The molecule has 2 saturated heterocycles. The van der Waals surface area contributed by atoms with Crippen LogP contribution < -0.4 is 9.80 Å². The molecule has 1 unspecified atom stereocenters. The smallest absolute Gasteiger partial charge is 0.290 e. The molecule has 1 N–H and O–H groups in total. The van der Waals surface area contributed by atoms with E-state index in [9.17, 15) is 8.78 Å². The fourth-order valence-electron chi connectivity index (χ4n) is 5.78. The maximum Gasteiger partial charge on any atom is 0.290 e. The van der Waals surface area contributed by atoms with Gasteiger partial charge in [-0.05, 0) is 61.1 Å². The highest BCUT2D eigenvalue weighted by Crippen LogP contribution is 2.38. The summed E-state index contributed by atoms with van der Waals surface area (Å²) in [5.41, 5.74) is 5.07. The van der Waals surface area contributed by atoms with Gasteiger partial charge in [0.05, 0.1) is 18.9 Å². The summed E-state index contributed by atoms with van der Waals surface area (Å²) in [7, 11) is 0. The van der Waals surface area contributed by atoms with Gasteiger partial charge in [0.25, 0.3) is 12.9 Å². The lowest BCUT2D eigenvalue weighted by Crippen LogP contribution is -2.37. The number of piperidine rings is 1. The molecule has 0 saturated carbocycles. The van der Waals surface area contributed by atoms with E-state index in [1.165, 1.54) is 5.69 Å². The Balaban J connectivity index is 0.00000118. The predicted octanol–water partition coefficient (Wildman–Crippen LogP) is 6.73. The topological polar surface area (TPSA) is 64.8 Å². The third-order valence-electron chi connectivity index (χ3n) is 7.50. The second-order valence-corrected chi connectivity index (χ2v) is 11.3. The number of nitrogens with zero attached hydrogens (tertiary/aromatic N) is 5. The second kappa shape index (κ2) is 13.5. The minimum atomic E-state index is -2.54. The van der Waals surface area contributed by atoms with Crippen molar-refractivity contribution in [1.82, 2.24) is 14.7 Å². The normalized spacial score (nSPS) is 17.9. The first-order valence-electron chi connectivity index (χ1n) is 13.7. The van der Waals surface area contributed by atoms with Gasteiger partial charge in [-0.15, -0.1) is 0 Å². The SMILES string of the molecule is Cc1cnn(C2CCCN(c3cc(Cl)ccc3-c3ccc(N4CCN(CC(C)C)C4)cc3)C2)c1C(F)F.O=CO. The summed E-state index contributed by atoms with van der Waals surface area (Å²) in [5.74, 6) is 0.666. The van der Waals surface area contributed by atoms with Crippen LogP contribution in [0.15, 0.2) is 48.7 Å². The molecule has 2 fully saturated rings. The molecule has 1 aromatic heterocycles. The molecule has 2 aliphatic rings. The Bertz CT molecular complexity index is 1270. The zero-order valence-electron chi connectivity index (χ0n) is 23.3. The van der Waals surface area contributed by atoms with Crippen LogP contribution in [0.5, 0.6) is 0 Å². The fraction of sp³-hybridized carbons (Fsp3) is 0.467. The van der Waals surface area contributed by atoms with E-state index in [-0.39, 0.29) is 18.2 Å². The Morgan fingerprint density at radius 3 is 2.50 bits per heavy atom. The molecule has 0 amide bonds. The summed E-state index contributed by atoms with van der Waals surface area (Å²) < 4.78 is 29.1. The number of hydrogen-bond acceptors (Lipinski definition) is 5. The Morgan fingerprint density at radius 1 is 1.10 bits per heavy atom. The van der Waals surface area contributed by atoms with Gasteiger partial charge in [-0.1, -0.05) is 43.6 Å². The summed E-state index contributed by atoms with van der Waals surface area (Å²) in [4.78, 5) is 15.6. The van der Waals surface area contributed by atoms with Crippen LogP contribution in [-0.4, -0.2) is 65.7 Å². The second-order valence-electron chi connectivity index (χ2n) is 10.9. The van der Waals surface area contributed by atoms with Crippen molar-refractivity contribution in [1.29, 1.82) is 0 Å². The number of alkyl halides is 2. The fourth-order valence-corrected chi connectivity index (χ4v) is 5.94. The molecular weight excluding hydrogens is 536 g/mol. The number of halogens is 3. The molecule has 0 spiro atoms. The standard InChI is InChI=1S/C29H36ClF2N5.CH2O2/c1-20(2)17-34-13-14-36(19-34)24-9-6-22(7-10-24)26-11-8-23(30)15-27(26)35-12-4-5-25(18-35)37-28(29(31)32)21(3)16-33-37;2-1-3/h6-11,15-16,20,25,29H,4-5,12-14,17-19H2,1-3H3;1H,(H,2,3). The highest BCUT2D eigenvalue weighted by atomic mass is 35.5. The molecule has 3 heterocycles. The number of aromatic nitrogens is 2. The summed E-state index contributed by atoms with van der Waals surface area (Å²) >= 11 is 6.45. The molecule has 2 aromatic carbocycles. The molecule has 0 bridgehead atoms. The zero-order chi connectivity index (χ0) is 28.8. The summed E-state index contributed by atoms with van der Waals surface area (Å²) in [6, 6.07) is 14.6. The third-order valence-corrected chi connectivity index (χ3v) is 7.73. The largest absolute Gasteiger partial charge is 0.483 e. The van der Waals surface area contributed by atoms with Gasteiger partial charge in [0.2, 0.25) is 0 Å². The van der Waals surface area contributed by atoms with Crippen molar-refractivity contribution in [2.45, 2.75) is 46.1 Å². The molecule has 0 radical (unpaired) electrons. The van der Waals surface area contributed by atoms with Crippen molar-refractivity contribution < 1.29 is 18.7 Å². The minimum absolute atomic E-state index is 0.0302. The molecule has 5 rings (SSSR count). The Labute approximate surface area is 239 Å². The summed E-state index contributed by atoms with van der Waals surface area (Å²) in [6.07, 6.45) is 0.742. The Hall–Kier alpha value is -3.17. The first kappa shape index (κ1) is 29.8. The van der Waals surface area contributed by atoms with Crippen LogP contribution in [-0.2, 0) is 4.79 Å². The van der Waals surface area contributed by atoms with Crippen LogP contribution in [0.3, 0.4) is 0 Å². The van der Waals surface area contributed by atoms with Crippen molar-refractivity contribution in [2.75, 3.05) is 49.2 Å². The number of carbonyl (C=O) groups is 1. The average molecular weight is 574 g/mol. The van der Waals surface area contributed by atoms with E-state index < -0.39 is 6.43 Å². The predicted molar refractivity (Wildman–Crippen MR) is 157 cm³/mol. The minimum Gasteiger partial charge on any atom is -0.483 e. The van der Waals surface area contributed by atoms with Gasteiger partial charge in [-0.3, -0.25) is 14.4 Å². The van der Waals surface area contributed by atoms with Gasteiger partial charge in [0.15, 0.2) is 0 Å². The molecule has 2 aliphatic heterocycles. The molecule has 0 aliphatic carbocycles. The van der Waals surface area contributed by atoms with Crippen LogP contribution in [0.4, 0.5) is 20.2 Å². The van der Waals surface area contributed by atoms with Gasteiger partial charge in [-0.2, -0.15) is 5.10 Å². The molecule has 10 heteroatoms. The highest BCUT2D eigenvalue weighted by Gasteiger charge is 2.29. The van der Waals surface area contributed by atoms with Gasteiger partial charge < -0.3 is 14.9 Å². The van der Waals surface area contributed by atoms with E-state index in [2.05, 4.69) is 64.0 Å². The summed E-state index contributed by atoms with van der Waals surface area (Å²) in [6.45, 7) is 11.7. The molecule has 7 nitrogen and oxygen atoms in total.